The lowest BCUT2D eigenvalue weighted by atomic mass is 9.99. The second kappa shape index (κ2) is 4.97. The zero-order valence-electron chi connectivity index (χ0n) is 8.54. The van der Waals surface area contributed by atoms with Gasteiger partial charge in [-0.2, -0.15) is 5.10 Å². The van der Waals surface area contributed by atoms with Crippen LogP contribution in [0, 0.1) is 5.92 Å². The Bertz CT molecular complexity index is 220. The summed E-state index contributed by atoms with van der Waals surface area (Å²) in [6.45, 7) is 7.46. The molecule has 74 valence electrons. The quantitative estimate of drug-likeness (QED) is 0.725. The molecule has 1 heterocycles. The molecule has 0 aliphatic carbocycles. The van der Waals surface area contributed by atoms with Crippen molar-refractivity contribution in [3.63, 3.8) is 0 Å². The van der Waals surface area contributed by atoms with Gasteiger partial charge in [0.25, 0.3) is 0 Å². The van der Waals surface area contributed by atoms with Crippen molar-refractivity contribution in [2.45, 2.75) is 33.2 Å². The lowest BCUT2D eigenvalue weighted by molar-refractivity contribution is 0.369. The van der Waals surface area contributed by atoms with E-state index in [0.717, 1.165) is 18.8 Å². The van der Waals surface area contributed by atoms with Gasteiger partial charge in [-0.3, -0.25) is 5.10 Å². The Kier molecular flexibility index (Phi) is 3.89. The number of aromatic nitrogens is 3. The number of rotatable bonds is 5. The van der Waals surface area contributed by atoms with Gasteiger partial charge in [0, 0.05) is 0 Å². The predicted molar refractivity (Wildman–Crippen MR) is 52.3 cm³/mol. The molecule has 0 spiro atoms. The highest BCUT2D eigenvalue weighted by atomic mass is 15.2. The van der Waals surface area contributed by atoms with Crippen LogP contribution in [0.5, 0.6) is 0 Å². The van der Waals surface area contributed by atoms with E-state index in [1.54, 1.807) is 6.33 Å². The minimum atomic E-state index is 0.303. The van der Waals surface area contributed by atoms with E-state index in [0.29, 0.717) is 12.0 Å². The monoisotopic (exact) mass is 182 g/mol. The van der Waals surface area contributed by atoms with E-state index in [9.17, 15) is 0 Å². The fourth-order valence-corrected chi connectivity index (χ4v) is 1.39. The SMILES string of the molecule is CCNC(c1ncn[nH]1)C(C)CC. The van der Waals surface area contributed by atoms with Crippen LogP contribution in [0.15, 0.2) is 6.33 Å². The summed E-state index contributed by atoms with van der Waals surface area (Å²) in [5, 5.41) is 10.2. The molecule has 2 atom stereocenters. The van der Waals surface area contributed by atoms with Crippen LogP contribution in [0.4, 0.5) is 0 Å². The van der Waals surface area contributed by atoms with Crippen LogP contribution in [-0.4, -0.2) is 21.7 Å². The number of H-pyrrole nitrogens is 1. The third-order valence-electron chi connectivity index (χ3n) is 2.37. The van der Waals surface area contributed by atoms with Gasteiger partial charge in [0.2, 0.25) is 0 Å². The summed E-state index contributed by atoms with van der Waals surface area (Å²) in [6.07, 6.45) is 2.69. The van der Waals surface area contributed by atoms with Gasteiger partial charge in [-0.15, -0.1) is 0 Å². The molecular weight excluding hydrogens is 164 g/mol. The fourth-order valence-electron chi connectivity index (χ4n) is 1.39. The molecule has 1 aromatic rings. The van der Waals surface area contributed by atoms with Crippen molar-refractivity contribution < 1.29 is 0 Å². The first-order chi connectivity index (χ1) is 6.29. The first-order valence-electron chi connectivity index (χ1n) is 4.88. The average Bonchev–Trinajstić information content (AvgIpc) is 2.65. The zero-order chi connectivity index (χ0) is 9.68. The number of nitrogens with zero attached hydrogens (tertiary/aromatic N) is 2. The summed E-state index contributed by atoms with van der Waals surface area (Å²) < 4.78 is 0. The van der Waals surface area contributed by atoms with Gasteiger partial charge in [-0.1, -0.05) is 27.2 Å². The first kappa shape index (κ1) is 10.2. The van der Waals surface area contributed by atoms with Crippen LogP contribution >= 0.6 is 0 Å². The number of hydrogen-bond donors (Lipinski definition) is 2. The molecule has 1 aromatic heterocycles. The molecule has 0 radical (unpaired) electrons. The second-order valence-corrected chi connectivity index (χ2v) is 3.29. The first-order valence-corrected chi connectivity index (χ1v) is 4.88. The molecule has 0 fully saturated rings. The summed E-state index contributed by atoms with van der Waals surface area (Å²) in [5.41, 5.74) is 0. The average molecular weight is 182 g/mol. The predicted octanol–water partition coefficient (Wildman–Crippen LogP) is 1.50. The molecule has 2 N–H and O–H groups in total. The Morgan fingerprint density at radius 1 is 1.54 bits per heavy atom. The van der Waals surface area contributed by atoms with Crippen LogP contribution in [0.3, 0.4) is 0 Å². The molecule has 0 amide bonds. The Hall–Kier alpha value is -0.900. The van der Waals surface area contributed by atoms with Crippen molar-refractivity contribution in [2.75, 3.05) is 6.54 Å². The van der Waals surface area contributed by atoms with Crippen molar-refractivity contribution >= 4 is 0 Å². The van der Waals surface area contributed by atoms with Gasteiger partial charge in [0.15, 0.2) is 0 Å². The maximum atomic E-state index is 4.18. The number of aromatic amines is 1. The maximum Gasteiger partial charge on any atom is 0.141 e. The van der Waals surface area contributed by atoms with Crippen LogP contribution in [0.1, 0.15) is 39.1 Å². The third kappa shape index (κ3) is 2.52. The molecule has 2 unspecified atom stereocenters. The van der Waals surface area contributed by atoms with Crippen molar-refractivity contribution in [2.24, 2.45) is 5.92 Å². The second-order valence-electron chi connectivity index (χ2n) is 3.29. The standard InChI is InChI=1S/C9H18N4/c1-4-7(3)8(10-5-2)9-11-6-12-13-9/h6-8,10H,4-5H2,1-3H3,(H,11,12,13). The molecule has 0 saturated heterocycles. The Balaban J connectivity index is 2.68. The molecule has 13 heavy (non-hydrogen) atoms. The van der Waals surface area contributed by atoms with Crippen molar-refractivity contribution in [1.82, 2.24) is 20.5 Å². The molecule has 4 nitrogen and oxygen atoms in total. The summed E-state index contributed by atoms with van der Waals surface area (Å²) in [4.78, 5) is 4.18. The van der Waals surface area contributed by atoms with Crippen molar-refractivity contribution in [3.8, 4) is 0 Å². The van der Waals surface area contributed by atoms with Crippen LogP contribution in [0.2, 0.25) is 0 Å². The van der Waals surface area contributed by atoms with Gasteiger partial charge < -0.3 is 5.32 Å². The Morgan fingerprint density at radius 3 is 2.77 bits per heavy atom. The smallest absolute Gasteiger partial charge is 0.141 e. The molecule has 0 aromatic carbocycles. The van der Waals surface area contributed by atoms with Gasteiger partial charge in [-0.25, -0.2) is 4.98 Å². The highest BCUT2D eigenvalue weighted by Gasteiger charge is 2.18. The van der Waals surface area contributed by atoms with E-state index in [1.165, 1.54) is 0 Å². The summed E-state index contributed by atoms with van der Waals surface area (Å²) in [6, 6.07) is 0.303. The maximum absolute atomic E-state index is 4.18. The van der Waals surface area contributed by atoms with Gasteiger partial charge in [0.05, 0.1) is 6.04 Å². The van der Waals surface area contributed by atoms with Crippen molar-refractivity contribution in [3.05, 3.63) is 12.2 Å². The lowest BCUT2D eigenvalue weighted by Crippen LogP contribution is -2.27. The van der Waals surface area contributed by atoms with E-state index in [2.05, 4.69) is 41.3 Å². The van der Waals surface area contributed by atoms with Crippen molar-refractivity contribution in [1.29, 1.82) is 0 Å². The summed E-state index contributed by atoms with van der Waals surface area (Å²) in [5.74, 6) is 1.52. The van der Waals surface area contributed by atoms with Gasteiger partial charge >= 0.3 is 0 Å². The Morgan fingerprint density at radius 2 is 2.31 bits per heavy atom. The zero-order valence-corrected chi connectivity index (χ0v) is 8.54. The normalized spacial score (nSPS) is 15.6. The van der Waals surface area contributed by atoms with E-state index in [1.807, 2.05) is 0 Å². The molecule has 1 rings (SSSR count). The van der Waals surface area contributed by atoms with E-state index >= 15 is 0 Å². The van der Waals surface area contributed by atoms with E-state index < -0.39 is 0 Å². The summed E-state index contributed by atoms with van der Waals surface area (Å²) >= 11 is 0. The highest BCUT2D eigenvalue weighted by Crippen LogP contribution is 2.20. The molecule has 0 aliphatic rings. The minimum absolute atomic E-state index is 0.303. The molecule has 0 bridgehead atoms. The van der Waals surface area contributed by atoms with E-state index in [-0.39, 0.29) is 0 Å². The topological polar surface area (TPSA) is 53.6 Å². The lowest BCUT2D eigenvalue weighted by Gasteiger charge is -2.21. The minimum Gasteiger partial charge on any atom is -0.307 e. The molecule has 0 aliphatic heterocycles. The largest absolute Gasteiger partial charge is 0.307 e. The molecule has 0 saturated carbocycles. The van der Waals surface area contributed by atoms with Gasteiger partial charge in [-0.05, 0) is 12.5 Å². The summed E-state index contributed by atoms with van der Waals surface area (Å²) in [7, 11) is 0. The van der Waals surface area contributed by atoms with E-state index in [4.69, 9.17) is 0 Å². The molecular formula is C9H18N4. The highest BCUT2D eigenvalue weighted by molar-refractivity contribution is 4.93. The fraction of sp³-hybridized carbons (Fsp3) is 0.778. The number of hydrogen-bond acceptors (Lipinski definition) is 3. The molecule has 4 heteroatoms. The third-order valence-corrected chi connectivity index (χ3v) is 2.37. The van der Waals surface area contributed by atoms with Gasteiger partial charge in [0.1, 0.15) is 12.2 Å². The number of nitrogens with one attached hydrogen (secondary N) is 2. The Labute approximate surface area is 79.2 Å². The van der Waals surface area contributed by atoms with Crippen LogP contribution in [-0.2, 0) is 0 Å². The van der Waals surface area contributed by atoms with Crippen LogP contribution < -0.4 is 5.32 Å². The van der Waals surface area contributed by atoms with Crippen LogP contribution in [0.25, 0.3) is 0 Å².